The lowest BCUT2D eigenvalue weighted by atomic mass is 9.46. The Balaban J connectivity index is 1.29. The average molecular weight is 509 g/mol. The Kier molecular flexibility index (Phi) is 7.69. The number of allylic oxidation sites excluding steroid dienone is 2. The highest BCUT2D eigenvalue weighted by Crippen LogP contribution is 2.67. The Morgan fingerprint density at radius 2 is 1.92 bits per heavy atom. The first-order valence-electron chi connectivity index (χ1n) is 15.5. The average Bonchev–Trinajstić information content (AvgIpc) is 3.49. The van der Waals surface area contributed by atoms with Crippen molar-refractivity contribution in [2.45, 2.75) is 112 Å². The highest BCUT2D eigenvalue weighted by Gasteiger charge is 2.59. The van der Waals surface area contributed by atoms with Gasteiger partial charge in [0.05, 0.1) is 12.2 Å². The molecule has 0 aliphatic heterocycles. The third-order valence-electron chi connectivity index (χ3n) is 12.2. The number of nitrogens with one attached hydrogen (secondary N) is 1. The van der Waals surface area contributed by atoms with Crippen molar-refractivity contribution < 1.29 is 9.90 Å². The molecule has 37 heavy (non-hydrogen) atoms. The summed E-state index contributed by atoms with van der Waals surface area (Å²) >= 11 is 0. The van der Waals surface area contributed by atoms with E-state index in [0.29, 0.717) is 11.8 Å². The van der Waals surface area contributed by atoms with Crippen LogP contribution < -0.4 is 0 Å². The number of rotatable bonds is 9. The Labute approximate surface area is 225 Å². The molecule has 9 atom stereocenters. The van der Waals surface area contributed by atoms with E-state index in [2.05, 4.69) is 50.7 Å². The lowest BCUT2D eigenvalue weighted by Crippen LogP contribution is -2.51. The van der Waals surface area contributed by atoms with Gasteiger partial charge in [-0.2, -0.15) is 0 Å². The zero-order chi connectivity index (χ0) is 26.4. The number of imidazole rings is 1. The number of carbonyl (C=O) groups is 1. The third kappa shape index (κ3) is 4.96. The second-order valence-electron chi connectivity index (χ2n) is 14.5. The third-order valence-corrected chi connectivity index (χ3v) is 12.2. The summed E-state index contributed by atoms with van der Waals surface area (Å²) in [7, 11) is 0. The van der Waals surface area contributed by atoms with E-state index in [4.69, 9.17) is 0 Å². The van der Waals surface area contributed by atoms with Gasteiger partial charge in [-0.15, -0.1) is 0 Å². The lowest BCUT2D eigenvalue weighted by Gasteiger charge is -2.59. The second-order valence-corrected chi connectivity index (χ2v) is 14.5. The predicted molar refractivity (Wildman–Crippen MR) is 150 cm³/mol. The Hall–Kier alpha value is -1.58. The van der Waals surface area contributed by atoms with Gasteiger partial charge in [0.15, 0.2) is 0 Å². The van der Waals surface area contributed by atoms with E-state index in [1.807, 2.05) is 0 Å². The molecule has 4 aliphatic rings. The SMILES string of the molecule is CC(C)CCCC(C)[C@H]1CCC2C3CC=C4C[C@@H](C(Cc5cnc[nH]5)C(=O)O)CC[C@]4(C)C3CC[C@@]21C. The van der Waals surface area contributed by atoms with E-state index < -0.39 is 5.97 Å². The molecular formula is C33H52N2O2. The van der Waals surface area contributed by atoms with Crippen LogP contribution >= 0.6 is 0 Å². The van der Waals surface area contributed by atoms with Crippen LogP contribution in [0.15, 0.2) is 24.2 Å². The monoisotopic (exact) mass is 508 g/mol. The van der Waals surface area contributed by atoms with Gasteiger partial charge in [-0.1, -0.05) is 65.5 Å². The van der Waals surface area contributed by atoms with E-state index in [-0.39, 0.29) is 17.3 Å². The molecular weight excluding hydrogens is 456 g/mol. The molecule has 5 unspecified atom stereocenters. The van der Waals surface area contributed by atoms with Crippen molar-refractivity contribution in [1.29, 1.82) is 0 Å². The summed E-state index contributed by atoms with van der Waals surface area (Å²) < 4.78 is 0. The summed E-state index contributed by atoms with van der Waals surface area (Å²) in [5, 5.41) is 10.1. The molecule has 0 bridgehead atoms. The van der Waals surface area contributed by atoms with E-state index in [1.54, 1.807) is 18.1 Å². The van der Waals surface area contributed by atoms with Crippen molar-refractivity contribution in [1.82, 2.24) is 9.97 Å². The number of aromatic amines is 1. The summed E-state index contributed by atoms with van der Waals surface area (Å²) in [5.41, 5.74) is 3.34. The molecule has 4 heteroatoms. The van der Waals surface area contributed by atoms with Gasteiger partial charge in [0.2, 0.25) is 0 Å². The maximum Gasteiger partial charge on any atom is 0.307 e. The number of aromatic nitrogens is 2. The molecule has 5 rings (SSSR count). The molecule has 0 amide bonds. The molecule has 3 saturated carbocycles. The van der Waals surface area contributed by atoms with Crippen LogP contribution in [0.3, 0.4) is 0 Å². The zero-order valence-electron chi connectivity index (χ0n) is 24.1. The van der Waals surface area contributed by atoms with Crippen molar-refractivity contribution in [3.63, 3.8) is 0 Å². The summed E-state index contributed by atoms with van der Waals surface area (Å²) in [6.07, 6.45) is 20.9. The first-order valence-corrected chi connectivity index (χ1v) is 15.5. The van der Waals surface area contributed by atoms with Gasteiger partial charge in [0, 0.05) is 18.3 Å². The van der Waals surface area contributed by atoms with E-state index in [9.17, 15) is 9.90 Å². The van der Waals surface area contributed by atoms with Gasteiger partial charge < -0.3 is 10.1 Å². The lowest BCUT2D eigenvalue weighted by molar-refractivity contribution is -0.144. The predicted octanol–water partition coefficient (Wildman–Crippen LogP) is 8.31. The molecule has 3 fully saturated rings. The topological polar surface area (TPSA) is 66.0 Å². The van der Waals surface area contributed by atoms with Crippen LogP contribution in [0.1, 0.15) is 111 Å². The fourth-order valence-corrected chi connectivity index (χ4v) is 10.1. The summed E-state index contributed by atoms with van der Waals surface area (Å²) in [6.45, 7) is 12.5. The molecule has 0 spiro atoms. The van der Waals surface area contributed by atoms with Crippen LogP contribution in [0.4, 0.5) is 0 Å². The Bertz CT molecular complexity index is 967. The maximum atomic E-state index is 12.3. The van der Waals surface area contributed by atoms with Crippen molar-refractivity contribution in [3.8, 4) is 0 Å². The smallest absolute Gasteiger partial charge is 0.307 e. The molecule has 4 nitrogen and oxygen atoms in total. The number of carboxylic acid groups (broad SMARTS) is 1. The highest BCUT2D eigenvalue weighted by molar-refractivity contribution is 5.70. The fourth-order valence-electron chi connectivity index (χ4n) is 10.1. The molecule has 2 N–H and O–H groups in total. The van der Waals surface area contributed by atoms with Gasteiger partial charge in [0.25, 0.3) is 0 Å². The number of nitrogens with zero attached hydrogens (tertiary/aromatic N) is 1. The summed E-state index contributed by atoms with van der Waals surface area (Å²) in [6, 6.07) is 0. The molecule has 206 valence electrons. The Morgan fingerprint density at radius 1 is 1.11 bits per heavy atom. The molecule has 0 aromatic carbocycles. The number of H-pyrrole nitrogens is 1. The number of fused-ring (bicyclic) bond motifs is 5. The van der Waals surface area contributed by atoms with Crippen molar-refractivity contribution in [2.24, 2.45) is 58.2 Å². The van der Waals surface area contributed by atoms with Gasteiger partial charge >= 0.3 is 5.97 Å². The van der Waals surface area contributed by atoms with Gasteiger partial charge in [-0.3, -0.25) is 4.79 Å². The molecule has 0 saturated heterocycles. The number of hydrogen-bond acceptors (Lipinski definition) is 2. The van der Waals surface area contributed by atoms with Crippen LogP contribution in [-0.4, -0.2) is 21.0 Å². The van der Waals surface area contributed by atoms with E-state index in [0.717, 1.165) is 60.5 Å². The minimum absolute atomic E-state index is 0.230. The van der Waals surface area contributed by atoms with Gasteiger partial charge in [-0.05, 0) is 104 Å². The van der Waals surface area contributed by atoms with Crippen LogP contribution in [0.2, 0.25) is 0 Å². The normalized spacial score (nSPS) is 38.9. The van der Waals surface area contributed by atoms with Crippen LogP contribution in [-0.2, 0) is 11.2 Å². The zero-order valence-corrected chi connectivity index (χ0v) is 24.1. The first-order chi connectivity index (χ1) is 17.6. The van der Waals surface area contributed by atoms with Crippen molar-refractivity contribution in [2.75, 3.05) is 0 Å². The molecule has 1 aromatic rings. The standard InChI is InChI=1S/C33H52N2O2/c1-21(2)7-6-8-22(3)28-11-12-29-26-10-9-24-17-23(27(31(36)37)18-25-19-34-20-35-25)13-15-32(24,4)30(26)14-16-33(28,29)5/h9,19-23,26-30H,6-8,10-18H2,1-5H3,(H,34,35)(H,36,37)/t22?,23-,26?,27?,28+,29?,30?,32-,33+/m0/s1. The fraction of sp³-hybridized carbons (Fsp3) is 0.818. The Morgan fingerprint density at radius 3 is 2.62 bits per heavy atom. The van der Waals surface area contributed by atoms with Gasteiger partial charge in [0.1, 0.15) is 0 Å². The number of hydrogen-bond donors (Lipinski definition) is 2. The van der Waals surface area contributed by atoms with E-state index in [1.165, 1.54) is 51.4 Å². The first kappa shape index (κ1) is 27.0. The van der Waals surface area contributed by atoms with Crippen molar-refractivity contribution >= 4 is 5.97 Å². The van der Waals surface area contributed by atoms with Gasteiger partial charge in [-0.25, -0.2) is 4.98 Å². The van der Waals surface area contributed by atoms with E-state index >= 15 is 0 Å². The van der Waals surface area contributed by atoms with Crippen LogP contribution in [0.5, 0.6) is 0 Å². The highest BCUT2D eigenvalue weighted by atomic mass is 16.4. The number of carboxylic acids is 1. The molecule has 0 radical (unpaired) electrons. The van der Waals surface area contributed by atoms with Crippen molar-refractivity contribution in [3.05, 3.63) is 29.9 Å². The molecule has 4 aliphatic carbocycles. The maximum absolute atomic E-state index is 12.3. The summed E-state index contributed by atoms with van der Waals surface area (Å²) in [4.78, 5) is 19.5. The summed E-state index contributed by atoms with van der Waals surface area (Å²) in [5.74, 6) is 4.33. The minimum Gasteiger partial charge on any atom is -0.481 e. The quantitative estimate of drug-likeness (QED) is 0.330. The number of aliphatic carboxylic acids is 1. The minimum atomic E-state index is -0.648. The van der Waals surface area contributed by atoms with Crippen LogP contribution in [0, 0.1) is 58.2 Å². The molecule has 1 heterocycles. The second kappa shape index (κ2) is 10.5. The largest absolute Gasteiger partial charge is 0.481 e. The molecule has 1 aromatic heterocycles. The van der Waals surface area contributed by atoms with Crippen LogP contribution in [0.25, 0.3) is 0 Å².